The second-order valence-corrected chi connectivity index (χ2v) is 3.71. The standard InChI is InChI=1S/C9H19N5O/c1-13(4-8(10)6-15-3)5-9-11-7-12-14(9)2/h7-8H,4-6,10H2,1-3H3. The number of ether oxygens (including phenoxy) is 1. The maximum atomic E-state index is 5.84. The lowest BCUT2D eigenvalue weighted by atomic mass is 10.3. The van der Waals surface area contributed by atoms with Crippen LogP contribution in [-0.4, -0.2) is 53.0 Å². The second kappa shape index (κ2) is 5.79. The van der Waals surface area contributed by atoms with Crippen molar-refractivity contribution in [3.05, 3.63) is 12.2 Å². The molecule has 1 rings (SSSR count). The molecule has 1 aromatic rings. The molecule has 1 atom stereocenters. The van der Waals surface area contributed by atoms with Crippen LogP contribution in [0.3, 0.4) is 0 Å². The van der Waals surface area contributed by atoms with Gasteiger partial charge in [0.05, 0.1) is 13.2 Å². The SMILES string of the molecule is COCC(N)CN(C)Cc1ncnn1C. The monoisotopic (exact) mass is 213 g/mol. The largest absolute Gasteiger partial charge is 0.383 e. The highest BCUT2D eigenvalue weighted by Gasteiger charge is 2.09. The summed E-state index contributed by atoms with van der Waals surface area (Å²) in [6.45, 7) is 2.10. The average Bonchev–Trinajstić information content (AvgIpc) is 2.52. The quantitative estimate of drug-likeness (QED) is 0.671. The van der Waals surface area contributed by atoms with Crippen LogP contribution in [0.2, 0.25) is 0 Å². The Morgan fingerprint density at radius 1 is 1.67 bits per heavy atom. The van der Waals surface area contributed by atoms with E-state index in [0.717, 1.165) is 18.9 Å². The van der Waals surface area contributed by atoms with Gasteiger partial charge in [-0.15, -0.1) is 0 Å². The van der Waals surface area contributed by atoms with Crippen LogP contribution in [0.15, 0.2) is 6.33 Å². The minimum atomic E-state index is 0.0354. The lowest BCUT2D eigenvalue weighted by Gasteiger charge is -2.19. The van der Waals surface area contributed by atoms with E-state index in [1.165, 1.54) is 0 Å². The van der Waals surface area contributed by atoms with Gasteiger partial charge in [0.2, 0.25) is 0 Å². The van der Waals surface area contributed by atoms with Gasteiger partial charge in [-0.3, -0.25) is 9.58 Å². The zero-order chi connectivity index (χ0) is 11.3. The first-order valence-electron chi connectivity index (χ1n) is 4.89. The molecule has 86 valence electrons. The maximum Gasteiger partial charge on any atom is 0.140 e. The number of nitrogens with two attached hydrogens (primary N) is 1. The first kappa shape index (κ1) is 12.1. The van der Waals surface area contributed by atoms with Crippen LogP contribution in [0.5, 0.6) is 0 Å². The molecule has 0 spiro atoms. The lowest BCUT2D eigenvalue weighted by molar-refractivity contribution is 0.158. The Bertz CT molecular complexity index is 288. The Hall–Kier alpha value is -0.980. The summed E-state index contributed by atoms with van der Waals surface area (Å²) >= 11 is 0. The van der Waals surface area contributed by atoms with Crippen molar-refractivity contribution in [2.24, 2.45) is 12.8 Å². The van der Waals surface area contributed by atoms with Gasteiger partial charge in [-0.05, 0) is 7.05 Å². The van der Waals surface area contributed by atoms with E-state index in [1.54, 1.807) is 18.1 Å². The van der Waals surface area contributed by atoms with Gasteiger partial charge in [0, 0.05) is 26.7 Å². The smallest absolute Gasteiger partial charge is 0.140 e. The van der Waals surface area contributed by atoms with Crippen LogP contribution < -0.4 is 5.73 Å². The fourth-order valence-electron chi connectivity index (χ4n) is 1.44. The zero-order valence-corrected chi connectivity index (χ0v) is 9.55. The fraction of sp³-hybridized carbons (Fsp3) is 0.778. The fourth-order valence-corrected chi connectivity index (χ4v) is 1.44. The van der Waals surface area contributed by atoms with Gasteiger partial charge in [0.25, 0.3) is 0 Å². The number of likely N-dealkylation sites (N-methyl/N-ethyl adjacent to an activating group) is 1. The number of aromatic nitrogens is 3. The van der Waals surface area contributed by atoms with Gasteiger partial charge in [-0.1, -0.05) is 0 Å². The summed E-state index contributed by atoms with van der Waals surface area (Å²) < 4.78 is 6.74. The van der Waals surface area contributed by atoms with Crippen molar-refractivity contribution in [1.29, 1.82) is 0 Å². The van der Waals surface area contributed by atoms with Gasteiger partial charge >= 0.3 is 0 Å². The number of rotatable bonds is 6. The van der Waals surface area contributed by atoms with Crippen LogP contribution in [0.25, 0.3) is 0 Å². The highest BCUT2D eigenvalue weighted by Crippen LogP contribution is 1.97. The van der Waals surface area contributed by atoms with E-state index < -0.39 is 0 Å². The number of nitrogens with zero attached hydrogens (tertiary/aromatic N) is 4. The lowest BCUT2D eigenvalue weighted by Crippen LogP contribution is -2.38. The predicted octanol–water partition coefficient (Wildman–Crippen LogP) is -0.779. The van der Waals surface area contributed by atoms with Crippen molar-refractivity contribution in [1.82, 2.24) is 19.7 Å². The highest BCUT2D eigenvalue weighted by atomic mass is 16.5. The molecule has 6 nitrogen and oxygen atoms in total. The third-order valence-corrected chi connectivity index (χ3v) is 2.14. The summed E-state index contributed by atoms with van der Waals surface area (Å²) in [6.07, 6.45) is 1.55. The molecule has 0 saturated heterocycles. The van der Waals surface area contributed by atoms with E-state index >= 15 is 0 Å². The number of methoxy groups -OCH3 is 1. The number of hydrogen-bond donors (Lipinski definition) is 1. The molecule has 1 aromatic heterocycles. The summed E-state index contributed by atoms with van der Waals surface area (Å²) in [7, 11) is 5.54. The Morgan fingerprint density at radius 2 is 2.40 bits per heavy atom. The van der Waals surface area contributed by atoms with Gasteiger partial charge in [-0.2, -0.15) is 5.10 Å². The Kier molecular flexibility index (Phi) is 4.67. The normalized spacial score (nSPS) is 13.4. The number of hydrogen-bond acceptors (Lipinski definition) is 5. The van der Waals surface area contributed by atoms with Crippen LogP contribution in [0.1, 0.15) is 5.82 Å². The van der Waals surface area contributed by atoms with Crippen LogP contribution in [0.4, 0.5) is 0 Å². The molecule has 0 aliphatic heterocycles. The van der Waals surface area contributed by atoms with E-state index in [1.807, 2.05) is 14.1 Å². The van der Waals surface area contributed by atoms with Gasteiger partial charge < -0.3 is 10.5 Å². The van der Waals surface area contributed by atoms with E-state index in [9.17, 15) is 0 Å². The molecule has 15 heavy (non-hydrogen) atoms. The molecule has 6 heteroatoms. The summed E-state index contributed by atoms with van der Waals surface area (Å²) in [5, 5.41) is 4.01. The summed E-state index contributed by atoms with van der Waals surface area (Å²) in [4.78, 5) is 6.25. The summed E-state index contributed by atoms with van der Waals surface area (Å²) in [5.41, 5.74) is 5.84. The molecule has 0 bridgehead atoms. The van der Waals surface area contributed by atoms with E-state index in [-0.39, 0.29) is 6.04 Å². The molecular weight excluding hydrogens is 194 g/mol. The molecule has 2 N–H and O–H groups in total. The summed E-state index contributed by atoms with van der Waals surface area (Å²) in [6, 6.07) is 0.0354. The van der Waals surface area contributed by atoms with Crippen LogP contribution >= 0.6 is 0 Å². The molecule has 1 unspecified atom stereocenters. The van der Waals surface area contributed by atoms with E-state index in [4.69, 9.17) is 10.5 Å². The van der Waals surface area contributed by atoms with E-state index in [2.05, 4.69) is 15.0 Å². The topological polar surface area (TPSA) is 69.2 Å². The van der Waals surface area contributed by atoms with Crippen molar-refractivity contribution in [3.8, 4) is 0 Å². The summed E-state index contributed by atoms with van der Waals surface area (Å²) in [5.74, 6) is 0.933. The molecule has 0 aromatic carbocycles. The third-order valence-electron chi connectivity index (χ3n) is 2.14. The first-order valence-corrected chi connectivity index (χ1v) is 4.89. The molecule has 0 radical (unpaired) electrons. The second-order valence-electron chi connectivity index (χ2n) is 3.71. The number of aryl methyl sites for hydroxylation is 1. The Balaban J connectivity index is 2.36. The van der Waals surface area contributed by atoms with Crippen molar-refractivity contribution < 1.29 is 4.74 Å². The Labute approximate surface area is 90.0 Å². The zero-order valence-electron chi connectivity index (χ0n) is 9.55. The molecule has 0 aliphatic carbocycles. The van der Waals surface area contributed by atoms with Crippen LogP contribution in [-0.2, 0) is 18.3 Å². The van der Waals surface area contributed by atoms with Crippen molar-refractivity contribution >= 4 is 0 Å². The minimum absolute atomic E-state index is 0.0354. The van der Waals surface area contributed by atoms with Crippen LogP contribution in [0, 0.1) is 0 Å². The average molecular weight is 213 g/mol. The highest BCUT2D eigenvalue weighted by molar-refractivity contribution is 4.83. The molecule has 1 heterocycles. The van der Waals surface area contributed by atoms with E-state index in [0.29, 0.717) is 6.61 Å². The third kappa shape index (κ3) is 3.94. The minimum Gasteiger partial charge on any atom is -0.383 e. The maximum absolute atomic E-state index is 5.84. The molecule has 0 fully saturated rings. The molecule has 0 amide bonds. The Morgan fingerprint density at radius 3 is 2.93 bits per heavy atom. The van der Waals surface area contributed by atoms with Gasteiger partial charge in [0.1, 0.15) is 12.2 Å². The van der Waals surface area contributed by atoms with Gasteiger partial charge in [-0.25, -0.2) is 4.98 Å². The van der Waals surface area contributed by atoms with Crippen molar-refractivity contribution in [3.63, 3.8) is 0 Å². The van der Waals surface area contributed by atoms with Crippen molar-refractivity contribution in [2.45, 2.75) is 12.6 Å². The molecular formula is C9H19N5O. The van der Waals surface area contributed by atoms with Crippen molar-refractivity contribution in [2.75, 3.05) is 27.3 Å². The van der Waals surface area contributed by atoms with Gasteiger partial charge in [0.15, 0.2) is 0 Å². The first-order chi connectivity index (χ1) is 7.13. The predicted molar refractivity (Wildman–Crippen MR) is 57.2 cm³/mol. The molecule has 0 aliphatic rings. The molecule has 0 saturated carbocycles.